The van der Waals surface area contributed by atoms with Crippen molar-refractivity contribution in [1.82, 2.24) is 0 Å². The molecule has 4 aliphatic heterocycles. The Morgan fingerprint density at radius 2 is 1.26 bits per heavy atom. The minimum absolute atomic E-state index is 0.00552. The Bertz CT molecular complexity index is 1940. The molecule has 0 aromatic heterocycles. The predicted octanol–water partition coefficient (Wildman–Crippen LogP) is -3.39. The van der Waals surface area contributed by atoms with Crippen molar-refractivity contribution in [2.75, 3.05) is 33.0 Å². The molecule has 14 N–H and O–H groups in total. The van der Waals surface area contributed by atoms with Crippen molar-refractivity contribution in [3.63, 3.8) is 0 Å². The van der Waals surface area contributed by atoms with Crippen LogP contribution in [0.2, 0.25) is 0 Å². The fraction of sp³-hybridized carbons (Fsp3) is 0.902. The molecule has 23 heteroatoms. The van der Waals surface area contributed by atoms with E-state index in [2.05, 4.69) is 34.3 Å². The normalized spacial score (nSPS) is 50.2. The summed E-state index contributed by atoms with van der Waals surface area (Å²) in [5.74, 6) is 0.368. The lowest BCUT2D eigenvalue weighted by molar-refractivity contribution is -0.397. The molecule has 3 saturated carbocycles. The lowest BCUT2D eigenvalue weighted by Crippen LogP contribution is -2.67. The van der Waals surface area contributed by atoms with Crippen LogP contribution in [0.3, 0.4) is 0 Å². The van der Waals surface area contributed by atoms with E-state index in [1.165, 1.54) is 0 Å². The van der Waals surface area contributed by atoms with E-state index >= 15 is 0 Å². The van der Waals surface area contributed by atoms with Crippen molar-refractivity contribution in [3.05, 3.63) is 23.8 Å². The highest BCUT2D eigenvalue weighted by atomic mass is 16.8. The summed E-state index contributed by atoms with van der Waals surface area (Å²) in [6, 6.07) is 0. The zero-order valence-electron chi connectivity index (χ0n) is 42.5. The van der Waals surface area contributed by atoms with E-state index in [-0.39, 0.29) is 53.8 Å². The average molecular weight is 1060 g/mol. The van der Waals surface area contributed by atoms with Crippen molar-refractivity contribution in [2.45, 2.75) is 208 Å². The molecule has 0 bridgehead atoms. The summed E-state index contributed by atoms with van der Waals surface area (Å²) in [7, 11) is 0. The number of carbonyl (C=O) groups excluding carboxylic acids is 1. The summed E-state index contributed by atoms with van der Waals surface area (Å²) in [6.45, 7) is 9.62. The van der Waals surface area contributed by atoms with Crippen molar-refractivity contribution in [1.29, 1.82) is 0 Å². The monoisotopic (exact) mass is 1060 g/mol. The van der Waals surface area contributed by atoms with Crippen LogP contribution in [0.5, 0.6) is 0 Å². The molecule has 4 heterocycles. The lowest BCUT2D eigenvalue weighted by Gasteiger charge is -2.59. The number of Topliss-reactive ketones (excluding diaryl/α,β-unsaturated/α-hetero) is 1. The van der Waals surface area contributed by atoms with Gasteiger partial charge in [0.1, 0.15) is 103 Å². The summed E-state index contributed by atoms with van der Waals surface area (Å²) < 4.78 is 47.7. The fourth-order valence-electron chi connectivity index (χ4n) is 14.0. The molecule has 1 unspecified atom stereocenters. The van der Waals surface area contributed by atoms with Gasteiger partial charge in [0.15, 0.2) is 25.2 Å². The summed E-state index contributed by atoms with van der Waals surface area (Å²) in [6.07, 6.45) is -29.4. The first kappa shape index (κ1) is 58.4. The lowest BCUT2D eigenvalue weighted by atomic mass is 9.46. The Hall–Kier alpha value is -1.73. The maximum absolute atomic E-state index is 14.2. The molecule has 0 radical (unpaired) electrons. The summed E-state index contributed by atoms with van der Waals surface area (Å²) in [5, 5.41) is 152. The van der Waals surface area contributed by atoms with E-state index in [0.29, 0.717) is 25.2 Å². The molecule has 4 aliphatic carbocycles. The molecule has 424 valence electrons. The minimum atomic E-state index is -1.98. The summed E-state index contributed by atoms with van der Waals surface area (Å²) in [5.41, 5.74) is 0.997. The van der Waals surface area contributed by atoms with E-state index in [9.17, 15) is 76.3 Å². The van der Waals surface area contributed by atoms with E-state index in [1.807, 2.05) is 6.08 Å². The van der Waals surface area contributed by atoms with Gasteiger partial charge in [0.25, 0.3) is 0 Å². The molecule has 0 aromatic carbocycles. The van der Waals surface area contributed by atoms with Crippen LogP contribution >= 0.6 is 0 Å². The zero-order valence-corrected chi connectivity index (χ0v) is 42.5. The van der Waals surface area contributed by atoms with E-state index in [4.69, 9.17) is 37.9 Å². The van der Waals surface area contributed by atoms with Crippen molar-refractivity contribution >= 4 is 5.78 Å². The third-order valence-electron chi connectivity index (χ3n) is 18.5. The topological polar surface area (TPSA) is 374 Å². The van der Waals surface area contributed by atoms with Crippen LogP contribution in [0.25, 0.3) is 0 Å². The van der Waals surface area contributed by atoms with Gasteiger partial charge in [-0.3, -0.25) is 4.79 Å². The number of rotatable bonds is 17. The highest BCUT2D eigenvalue weighted by Crippen LogP contribution is 2.66. The number of aliphatic hydroxyl groups is 14. The summed E-state index contributed by atoms with van der Waals surface area (Å²) in [4.78, 5) is 14.2. The molecule has 8 aliphatic rings. The molecule has 23 nitrogen and oxygen atoms in total. The third kappa shape index (κ3) is 10.7. The number of ether oxygens (including phenoxy) is 8. The van der Waals surface area contributed by atoms with E-state index in [0.717, 1.165) is 36.8 Å². The van der Waals surface area contributed by atoms with Gasteiger partial charge >= 0.3 is 0 Å². The minimum Gasteiger partial charge on any atom is -0.396 e. The van der Waals surface area contributed by atoms with Gasteiger partial charge in [-0.15, -0.1) is 0 Å². The second-order valence-corrected chi connectivity index (χ2v) is 23.0. The number of ketones is 1. The van der Waals surface area contributed by atoms with Gasteiger partial charge in [-0.05, 0) is 90.9 Å². The smallest absolute Gasteiger partial charge is 0.187 e. The molecule has 0 aromatic rings. The summed E-state index contributed by atoms with van der Waals surface area (Å²) >= 11 is 0. The average Bonchev–Trinajstić information content (AvgIpc) is 3.65. The van der Waals surface area contributed by atoms with Crippen LogP contribution in [0, 0.1) is 46.3 Å². The highest BCUT2D eigenvalue weighted by molar-refractivity contribution is 5.85. The first-order valence-electron chi connectivity index (χ1n) is 26.4. The highest BCUT2D eigenvalue weighted by Gasteiger charge is 2.64. The van der Waals surface area contributed by atoms with Gasteiger partial charge in [0.05, 0.1) is 32.5 Å². The van der Waals surface area contributed by atoms with Crippen LogP contribution in [0.4, 0.5) is 0 Å². The Labute approximate surface area is 430 Å². The second-order valence-electron chi connectivity index (χ2n) is 23.0. The quantitative estimate of drug-likeness (QED) is 0.0632. The van der Waals surface area contributed by atoms with Gasteiger partial charge in [0, 0.05) is 18.9 Å². The molecule has 0 amide bonds. The largest absolute Gasteiger partial charge is 0.396 e. The number of fused-ring (bicyclic) bond motifs is 5. The standard InChI is InChI=1S/C51H82O23/c1-20(2)21(3)6-7-22(15-52)26-14-27(56)33-23-8-9-25-34(58)29(11-13-50(25,4)24(23)10-12-51(26,33)5)68-48-42(66)44(43(32(18-55)71-48)72-46-40(64)38(62)36(60)30(16-53)69-46)73-49-45(35(59)28(57)19-67-49)74-47-41(65)39(63)37(61)31(17-54)70-47/h9,20,22-24,26,28-49,52-55,57-66H,3,6-8,10-19H2,1-2,4-5H3/t22-,23+,24-,26?,28+,29-,30+,31+,32+,33+,34+,35+,36-,37-,38-,39-,40+,41+,42+,43+,44+,45-,46-,47-,48+,49-,50+,51+/m0/s1. The van der Waals surface area contributed by atoms with Crippen LogP contribution in [0.15, 0.2) is 23.8 Å². The maximum atomic E-state index is 14.2. The number of hydrogen-bond acceptors (Lipinski definition) is 23. The van der Waals surface area contributed by atoms with Crippen molar-refractivity contribution in [3.8, 4) is 0 Å². The first-order valence-corrected chi connectivity index (χ1v) is 26.4. The van der Waals surface area contributed by atoms with Gasteiger partial charge < -0.3 is 109 Å². The molecular weight excluding hydrogens is 981 g/mol. The maximum Gasteiger partial charge on any atom is 0.187 e. The third-order valence-corrected chi connectivity index (χ3v) is 18.5. The SMILES string of the molecule is C=C(CC[C@@H](CO)C1CC(=O)[C@H]2[C@@H]3CC=C4[C@@H](O)[C@@H](O[C@@H]5O[C@H](CO)[C@@H](O[C@@H]6O[C@H](CO)[C@H](O)[C@H](O)[C@H]6O)[C@H](O[C@@H]6OC[C@@H](O)[C@@H](O)[C@@H]6O[C@@H]6O[C@H](CO)[C@H](O)[C@H](O)[C@H]6O)[C@H]5O)CC[C@]4(C)[C@H]3CC[C@]12C)C(C)C. The Morgan fingerprint density at radius 1 is 0.689 bits per heavy atom. The van der Waals surface area contributed by atoms with Crippen LogP contribution in [0.1, 0.15) is 79.1 Å². The molecule has 0 spiro atoms. The number of allylic oxidation sites excluding steroid dienone is 2. The predicted molar refractivity (Wildman–Crippen MR) is 251 cm³/mol. The Balaban J connectivity index is 1.03. The van der Waals surface area contributed by atoms with Crippen molar-refractivity contribution in [2.24, 2.45) is 46.3 Å². The molecule has 7 fully saturated rings. The number of aliphatic hydroxyl groups excluding tert-OH is 14. The number of hydrogen-bond donors (Lipinski definition) is 14. The van der Waals surface area contributed by atoms with Gasteiger partial charge in [-0.2, -0.15) is 0 Å². The van der Waals surface area contributed by atoms with Crippen LogP contribution < -0.4 is 0 Å². The Morgan fingerprint density at radius 3 is 1.84 bits per heavy atom. The molecule has 28 atom stereocenters. The Kier molecular flexibility index (Phi) is 18.6. The molecule has 8 rings (SSSR count). The molecule has 4 saturated heterocycles. The first-order chi connectivity index (χ1) is 35.0. The molecular formula is C51H82O23. The fourth-order valence-corrected chi connectivity index (χ4v) is 14.0. The van der Waals surface area contributed by atoms with Gasteiger partial charge in [-0.1, -0.05) is 45.9 Å². The van der Waals surface area contributed by atoms with Crippen LogP contribution in [-0.4, -0.2) is 239 Å². The van der Waals surface area contributed by atoms with Crippen molar-refractivity contribution < 1.29 is 114 Å². The van der Waals surface area contributed by atoms with Gasteiger partial charge in [-0.25, -0.2) is 0 Å². The number of carbonyl (C=O) groups is 1. The van der Waals surface area contributed by atoms with Crippen LogP contribution in [-0.2, 0) is 42.7 Å². The zero-order chi connectivity index (χ0) is 53.9. The molecule has 74 heavy (non-hydrogen) atoms. The second kappa shape index (κ2) is 23.5. The van der Waals surface area contributed by atoms with Gasteiger partial charge in [0.2, 0.25) is 0 Å². The van der Waals surface area contributed by atoms with E-state index < -0.39 is 161 Å². The van der Waals surface area contributed by atoms with E-state index in [1.54, 1.807) is 0 Å².